The van der Waals surface area contributed by atoms with Gasteiger partial charge in [-0.05, 0) is 82.6 Å². The van der Waals surface area contributed by atoms with E-state index >= 15 is 0 Å². The molecule has 0 bridgehead atoms. The molecule has 1 saturated heterocycles. The maximum Gasteiger partial charge on any atom is 0.227 e. The smallest absolute Gasteiger partial charge is 0.227 e. The monoisotopic (exact) mass is 504 g/mol. The first-order valence-electron chi connectivity index (χ1n) is 13.0. The summed E-state index contributed by atoms with van der Waals surface area (Å²) in [6.07, 6.45) is 1.76. The van der Waals surface area contributed by atoms with Crippen molar-refractivity contribution in [2.75, 3.05) is 67.0 Å². The van der Waals surface area contributed by atoms with Crippen LogP contribution in [-0.2, 0) is 0 Å². The molecule has 0 amide bonds. The molecule has 0 spiro atoms. The van der Waals surface area contributed by atoms with Crippen LogP contribution >= 0.6 is 0 Å². The summed E-state index contributed by atoms with van der Waals surface area (Å²) >= 11 is 0. The predicted octanol–water partition coefficient (Wildman–Crippen LogP) is 5.50. The molecule has 1 aliphatic heterocycles. The zero-order chi connectivity index (χ0) is 26.6. The van der Waals surface area contributed by atoms with Crippen LogP contribution in [-0.4, -0.2) is 62.5 Å². The number of nitrogens with one attached hydrogen (secondary N) is 1. The van der Waals surface area contributed by atoms with Crippen LogP contribution in [0.15, 0.2) is 48.7 Å². The van der Waals surface area contributed by atoms with Crippen molar-refractivity contribution >= 4 is 28.8 Å². The minimum Gasteiger partial charge on any atom is -0.497 e. The average Bonchev–Trinajstić information content (AvgIpc) is 2.90. The zero-order valence-corrected chi connectivity index (χ0v) is 23.2. The quantitative estimate of drug-likeness (QED) is 0.410. The van der Waals surface area contributed by atoms with Crippen LogP contribution in [0.4, 0.5) is 28.8 Å². The zero-order valence-electron chi connectivity index (χ0n) is 23.2. The van der Waals surface area contributed by atoms with Crippen LogP contribution in [0.3, 0.4) is 0 Å². The van der Waals surface area contributed by atoms with Crippen molar-refractivity contribution in [3.8, 4) is 11.5 Å². The van der Waals surface area contributed by atoms with Crippen molar-refractivity contribution in [1.82, 2.24) is 9.97 Å². The lowest BCUT2D eigenvalue weighted by atomic mass is 9.98. The number of rotatable bonds is 9. The van der Waals surface area contributed by atoms with E-state index in [0.29, 0.717) is 17.5 Å². The van der Waals surface area contributed by atoms with E-state index in [1.807, 2.05) is 12.1 Å². The molecule has 1 N–H and O–H groups in total. The second-order valence-corrected chi connectivity index (χ2v) is 9.97. The van der Waals surface area contributed by atoms with Gasteiger partial charge in [-0.2, -0.15) is 4.98 Å². The van der Waals surface area contributed by atoms with Crippen LogP contribution in [0.25, 0.3) is 0 Å². The standard InChI is InChI=1S/C29H40N6O2/c1-8-33(9-2)23-12-15-25(21(3)18-23)31-27-26(37-7)19-30-28(32-27)34-16-17-35(29(4,5)20-34)22-10-13-24(36-6)14-11-22/h10-15,18-19H,8-9,16-17,20H2,1-7H3,(H,30,31,32). The van der Waals surface area contributed by atoms with Crippen LogP contribution in [0.1, 0.15) is 33.3 Å². The summed E-state index contributed by atoms with van der Waals surface area (Å²) in [7, 11) is 3.34. The molecule has 0 atom stereocenters. The molecule has 1 aromatic heterocycles. The molecular formula is C29H40N6O2. The molecule has 0 saturated carbocycles. The molecule has 3 aromatic rings. The third-order valence-electron chi connectivity index (χ3n) is 7.12. The van der Waals surface area contributed by atoms with Gasteiger partial charge in [0.1, 0.15) is 5.75 Å². The van der Waals surface area contributed by atoms with E-state index in [1.165, 1.54) is 11.4 Å². The van der Waals surface area contributed by atoms with Crippen LogP contribution in [0.2, 0.25) is 0 Å². The molecule has 0 aliphatic carbocycles. The fourth-order valence-electron chi connectivity index (χ4n) is 5.02. The van der Waals surface area contributed by atoms with E-state index in [0.717, 1.165) is 49.7 Å². The first-order valence-corrected chi connectivity index (χ1v) is 13.0. The van der Waals surface area contributed by atoms with Gasteiger partial charge in [0.15, 0.2) is 11.6 Å². The van der Waals surface area contributed by atoms with E-state index in [4.69, 9.17) is 14.5 Å². The molecule has 2 aromatic carbocycles. The largest absolute Gasteiger partial charge is 0.497 e. The topological polar surface area (TPSA) is 66.0 Å². The number of piperazine rings is 1. The molecule has 8 heteroatoms. The van der Waals surface area contributed by atoms with E-state index < -0.39 is 0 Å². The van der Waals surface area contributed by atoms with Gasteiger partial charge in [-0.3, -0.25) is 0 Å². The third kappa shape index (κ3) is 5.68. The lowest BCUT2D eigenvalue weighted by molar-refractivity contribution is 0.404. The van der Waals surface area contributed by atoms with E-state index in [9.17, 15) is 0 Å². The molecule has 2 heterocycles. The molecule has 0 unspecified atom stereocenters. The van der Waals surface area contributed by atoms with Crippen LogP contribution in [0, 0.1) is 6.92 Å². The minimum absolute atomic E-state index is 0.111. The Hall–Kier alpha value is -3.68. The molecule has 1 fully saturated rings. The second-order valence-electron chi connectivity index (χ2n) is 9.97. The molecule has 1 aliphatic rings. The maximum atomic E-state index is 5.60. The fraction of sp³-hybridized carbons (Fsp3) is 0.448. The van der Waals surface area contributed by atoms with Gasteiger partial charge in [0.25, 0.3) is 0 Å². The van der Waals surface area contributed by atoms with Crippen molar-refractivity contribution in [1.29, 1.82) is 0 Å². The highest BCUT2D eigenvalue weighted by Gasteiger charge is 2.35. The van der Waals surface area contributed by atoms with E-state index in [2.05, 4.69) is 90.0 Å². The third-order valence-corrected chi connectivity index (χ3v) is 7.12. The number of hydrogen-bond acceptors (Lipinski definition) is 8. The number of benzene rings is 2. The highest BCUT2D eigenvalue weighted by atomic mass is 16.5. The van der Waals surface area contributed by atoms with Crippen molar-refractivity contribution in [3.05, 3.63) is 54.2 Å². The molecule has 8 nitrogen and oxygen atoms in total. The van der Waals surface area contributed by atoms with Crippen molar-refractivity contribution in [2.24, 2.45) is 0 Å². The van der Waals surface area contributed by atoms with Crippen LogP contribution in [0.5, 0.6) is 11.5 Å². The van der Waals surface area contributed by atoms with Crippen molar-refractivity contribution < 1.29 is 9.47 Å². The molecule has 0 radical (unpaired) electrons. The SMILES string of the molecule is CCN(CC)c1ccc(Nc2nc(N3CCN(c4ccc(OC)cc4)C(C)(C)C3)ncc2OC)c(C)c1. The van der Waals surface area contributed by atoms with Crippen molar-refractivity contribution in [3.63, 3.8) is 0 Å². The molecule has 4 rings (SSSR count). The number of hydrogen-bond donors (Lipinski definition) is 1. The second kappa shape index (κ2) is 11.2. The van der Waals surface area contributed by atoms with Gasteiger partial charge in [-0.1, -0.05) is 0 Å². The Morgan fingerprint density at radius 3 is 2.32 bits per heavy atom. The number of nitrogens with zero attached hydrogens (tertiary/aromatic N) is 5. The first kappa shape index (κ1) is 26.4. The van der Waals surface area contributed by atoms with Gasteiger partial charge in [0.05, 0.1) is 26.0 Å². The Balaban J connectivity index is 1.54. The summed E-state index contributed by atoms with van der Waals surface area (Å²) in [5.74, 6) is 2.85. The number of aryl methyl sites for hydroxylation is 1. The first-order chi connectivity index (χ1) is 17.8. The Bertz CT molecular complexity index is 1190. The lowest BCUT2D eigenvalue weighted by Gasteiger charge is -2.48. The van der Waals surface area contributed by atoms with Gasteiger partial charge in [0, 0.05) is 49.8 Å². The van der Waals surface area contributed by atoms with Gasteiger partial charge in [0.2, 0.25) is 5.95 Å². The Morgan fingerprint density at radius 1 is 1.00 bits per heavy atom. The maximum absolute atomic E-state index is 5.60. The van der Waals surface area contributed by atoms with E-state index in [-0.39, 0.29) is 5.54 Å². The highest BCUT2D eigenvalue weighted by molar-refractivity contribution is 5.69. The molecule has 198 valence electrons. The number of methoxy groups -OCH3 is 2. The average molecular weight is 505 g/mol. The predicted molar refractivity (Wildman–Crippen MR) is 153 cm³/mol. The summed E-state index contributed by atoms with van der Waals surface area (Å²) in [6.45, 7) is 15.4. The molecule has 37 heavy (non-hydrogen) atoms. The van der Waals surface area contributed by atoms with Gasteiger partial charge < -0.3 is 29.5 Å². The summed E-state index contributed by atoms with van der Waals surface area (Å²) in [4.78, 5) is 16.6. The summed E-state index contributed by atoms with van der Waals surface area (Å²) in [5.41, 5.74) is 4.46. The normalized spacial score (nSPS) is 14.9. The minimum atomic E-state index is -0.111. The van der Waals surface area contributed by atoms with Gasteiger partial charge >= 0.3 is 0 Å². The number of aromatic nitrogens is 2. The Labute approximate surface area is 221 Å². The fourth-order valence-corrected chi connectivity index (χ4v) is 5.02. The Morgan fingerprint density at radius 2 is 1.73 bits per heavy atom. The lowest BCUT2D eigenvalue weighted by Crippen LogP contribution is -2.60. The van der Waals surface area contributed by atoms with Crippen molar-refractivity contribution in [2.45, 2.75) is 40.2 Å². The summed E-state index contributed by atoms with van der Waals surface area (Å²) in [5, 5.41) is 3.50. The summed E-state index contributed by atoms with van der Waals surface area (Å²) < 4.78 is 10.9. The van der Waals surface area contributed by atoms with Crippen LogP contribution < -0.4 is 29.5 Å². The van der Waals surface area contributed by atoms with Gasteiger partial charge in [-0.15, -0.1) is 0 Å². The molecular weight excluding hydrogens is 464 g/mol. The van der Waals surface area contributed by atoms with Gasteiger partial charge in [-0.25, -0.2) is 4.98 Å². The highest BCUT2D eigenvalue weighted by Crippen LogP contribution is 2.33. The number of ether oxygens (including phenoxy) is 2. The van der Waals surface area contributed by atoms with E-state index in [1.54, 1.807) is 20.4 Å². The number of anilines is 5. The summed E-state index contributed by atoms with van der Waals surface area (Å²) in [6, 6.07) is 14.7. The Kier molecular flexibility index (Phi) is 7.95.